The Morgan fingerprint density at radius 1 is 1.09 bits per heavy atom. The minimum Gasteiger partial charge on any atom is -0.490 e. The first kappa shape index (κ1) is 21.6. The van der Waals surface area contributed by atoms with Crippen LogP contribution >= 0.6 is 0 Å². The highest BCUT2D eigenvalue weighted by atomic mass is 16.5. The molecule has 7 heteroatoms. The van der Waals surface area contributed by atoms with Gasteiger partial charge in [0.1, 0.15) is 23.7 Å². The van der Waals surface area contributed by atoms with Gasteiger partial charge in [-0.1, -0.05) is 18.2 Å². The summed E-state index contributed by atoms with van der Waals surface area (Å²) in [5.74, 6) is 2.47. The van der Waals surface area contributed by atoms with Crippen LogP contribution in [0.4, 0.5) is 11.6 Å². The molecule has 1 aromatic heterocycles. The molecule has 0 bridgehead atoms. The minimum absolute atomic E-state index is 0.324. The molecule has 1 saturated carbocycles. The molecule has 2 aromatic carbocycles. The number of nitrogens with two attached hydrogens (primary N) is 1. The fourth-order valence-electron chi connectivity index (χ4n) is 4.56. The molecule has 2 heterocycles. The largest absolute Gasteiger partial charge is 0.490 e. The predicted octanol–water partition coefficient (Wildman–Crippen LogP) is 4.31. The molecule has 5 rings (SSSR count). The lowest BCUT2D eigenvalue weighted by molar-refractivity contribution is 0.120. The van der Waals surface area contributed by atoms with Gasteiger partial charge >= 0.3 is 0 Å². The van der Waals surface area contributed by atoms with Gasteiger partial charge in [0.15, 0.2) is 0 Å². The molecule has 0 unspecified atom stereocenters. The molecular formula is C26H32N6O. The number of piperidine rings is 1. The molecule has 4 N–H and O–H groups in total. The number of hydrogen-bond donors (Lipinski definition) is 3. The van der Waals surface area contributed by atoms with Crippen molar-refractivity contribution >= 4 is 28.1 Å². The first-order valence-electron chi connectivity index (χ1n) is 11.9. The SMILES string of the molecule is CN1CCC(CNc2ncnc(N)c2C(=N)c2ccc3cc(OC4CCC4)ccc3c2)CC1. The molecule has 33 heavy (non-hydrogen) atoms. The Bertz CT molecular complexity index is 1150. The van der Waals surface area contributed by atoms with Gasteiger partial charge in [0.25, 0.3) is 0 Å². The maximum absolute atomic E-state index is 8.91. The van der Waals surface area contributed by atoms with Crippen LogP contribution in [0.1, 0.15) is 43.2 Å². The predicted molar refractivity (Wildman–Crippen MR) is 133 cm³/mol. The van der Waals surface area contributed by atoms with Gasteiger partial charge in [0, 0.05) is 12.1 Å². The third-order valence-corrected chi connectivity index (χ3v) is 6.98. The van der Waals surface area contributed by atoms with E-state index in [1.165, 1.54) is 12.7 Å². The summed E-state index contributed by atoms with van der Waals surface area (Å²) in [5, 5.41) is 14.5. The Morgan fingerprint density at radius 2 is 1.85 bits per heavy atom. The van der Waals surface area contributed by atoms with Crippen molar-refractivity contribution in [1.29, 1.82) is 5.41 Å². The molecule has 1 saturated heterocycles. The first-order valence-corrected chi connectivity index (χ1v) is 11.9. The normalized spacial score (nSPS) is 17.6. The van der Waals surface area contributed by atoms with E-state index >= 15 is 0 Å². The molecular weight excluding hydrogens is 412 g/mol. The molecule has 172 valence electrons. The van der Waals surface area contributed by atoms with Crippen molar-refractivity contribution in [2.45, 2.75) is 38.2 Å². The molecule has 0 spiro atoms. The van der Waals surface area contributed by atoms with Crippen molar-refractivity contribution in [3.05, 3.63) is 53.9 Å². The second-order valence-corrected chi connectivity index (χ2v) is 9.38. The summed E-state index contributed by atoms with van der Waals surface area (Å²) >= 11 is 0. The van der Waals surface area contributed by atoms with E-state index in [0.717, 1.165) is 67.4 Å². The number of hydrogen-bond acceptors (Lipinski definition) is 7. The second kappa shape index (κ2) is 9.35. The van der Waals surface area contributed by atoms with Gasteiger partial charge in [-0.2, -0.15) is 0 Å². The third kappa shape index (κ3) is 4.78. The summed E-state index contributed by atoms with van der Waals surface area (Å²) in [6, 6.07) is 12.2. The van der Waals surface area contributed by atoms with Crippen LogP contribution in [0.25, 0.3) is 10.8 Å². The van der Waals surface area contributed by atoms with E-state index in [-0.39, 0.29) is 0 Å². The van der Waals surface area contributed by atoms with Crippen molar-refractivity contribution in [3.63, 3.8) is 0 Å². The number of aromatic nitrogens is 2. The molecule has 0 amide bonds. The van der Waals surface area contributed by atoms with Crippen LogP contribution in [0.5, 0.6) is 5.75 Å². The lowest BCUT2D eigenvalue weighted by atomic mass is 9.96. The van der Waals surface area contributed by atoms with Crippen LogP contribution in [0.3, 0.4) is 0 Å². The summed E-state index contributed by atoms with van der Waals surface area (Å²) < 4.78 is 6.03. The van der Waals surface area contributed by atoms with E-state index in [2.05, 4.69) is 39.4 Å². The molecule has 2 aliphatic rings. The zero-order chi connectivity index (χ0) is 22.8. The number of nitrogen functional groups attached to an aromatic ring is 1. The van der Waals surface area contributed by atoms with Gasteiger partial charge in [0.05, 0.1) is 17.4 Å². The number of nitrogens with one attached hydrogen (secondary N) is 2. The molecule has 2 fully saturated rings. The van der Waals surface area contributed by atoms with Crippen LogP contribution in [0.15, 0.2) is 42.7 Å². The molecule has 1 aliphatic heterocycles. The molecule has 7 nitrogen and oxygen atoms in total. The number of fused-ring (bicyclic) bond motifs is 1. The molecule has 0 radical (unpaired) electrons. The Kier molecular flexibility index (Phi) is 6.13. The van der Waals surface area contributed by atoms with Gasteiger partial charge in [-0.15, -0.1) is 0 Å². The summed E-state index contributed by atoms with van der Waals surface area (Å²) in [5.41, 5.74) is 7.91. The van der Waals surface area contributed by atoms with Gasteiger partial charge in [-0.05, 0) is 87.1 Å². The summed E-state index contributed by atoms with van der Waals surface area (Å²) in [6.07, 6.45) is 7.68. The number of ether oxygens (including phenoxy) is 1. The van der Waals surface area contributed by atoms with E-state index in [1.54, 1.807) is 0 Å². The Morgan fingerprint density at radius 3 is 2.61 bits per heavy atom. The van der Waals surface area contributed by atoms with E-state index in [1.807, 2.05) is 24.3 Å². The molecule has 0 atom stereocenters. The van der Waals surface area contributed by atoms with Gasteiger partial charge < -0.3 is 20.7 Å². The highest BCUT2D eigenvalue weighted by Crippen LogP contribution is 2.29. The monoisotopic (exact) mass is 444 g/mol. The van der Waals surface area contributed by atoms with Crippen molar-refractivity contribution < 1.29 is 4.74 Å². The first-order chi connectivity index (χ1) is 16.1. The number of benzene rings is 2. The third-order valence-electron chi connectivity index (χ3n) is 6.98. The minimum atomic E-state index is 0.324. The zero-order valence-electron chi connectivity index (χ0n) is 19.2. The zero-order valence-corrected chi connectivity index (χ0v) is 19.2. The smallest absolute Gasteiger partial charge is 0.141 e. The van der Waals surface area contributed by atoms with Crippen molar-refractivity contribution in [2.24, 2.45) is 5.92 Å². The number of likely N-dealkylation sites (tertiary alicyclic amines) is 1. The molecule has 1 aliphatic carbocycles. The Hall–Kier alpha value is -3.19. The topological polar surface area (TPSA) is 100 Å². The Balaban J connectivity index is 1.35. The lowest BCUT2D eigenvalue weighted by Gasteiger charge is -2.29. The van der Waals surface area contributed by atoms with Crippen LogP contribution in [0, 0.1) is 11.3 Å². The highest BCUT2D eigenvalue weighted by molar-refractivity contribution is 6.17. The number of anilines is 2. The maximum Gasteiger partial charge on any atom is 0.141 e. The van der Waals surface area contributed by atoms with Gasteiger partial charge in [0.2, 0.25) is 0 Å². The van der Waals surface area contributed by atoms with Crippen LogP contribution in [-0.2, 0) is 0 Å². The summed E-state index contributed by atoms with van der Waals surface area (Å²) in [6.45, 7) is 3.06. The quantitative estimate of drug-likeness (QED) is 0.470. The average Bonchev–Trinajstić information content (AvgIpc) is 2.80. The fourth-order valence-corrected chi connectivity index (χ4v) is 4.56. The van der Waals surface area contributed by atoms with Gasteiger partial charge in [-0.3, -0.25) is 5.41 Å². The summed E-state index contributed by atoms with van der Waals surface area (Å²) in [7, 11) is 2.17. The standard InChI is InChI=1S/C26H32N6O/c1-32-11-9-17(10-12-32)15-29-26-23(25(28)30-16-31-26)24(27)20-6-5-19-14-22(8-7-18(19)13-20)33-21-3-2-4-21/h5-8,13-14,16-17,21,27H,2-4,9-12,15H2,1H3,(H3,28,29,30,31). The maximum atomic E-state index is 8.91. The molecule has 3 aromatic rings. The van der Waals surface area contributed by atoms with Crippen molar-refractivity contribution in [2.75, 3.05) is 37.7 Å². The second-order valence-electron chi connectivity index (χ2n) is 9.38. The van der Waals surface area contributed by atoms with Gasteiger partial charge in [-0.25, -0.2) is 9.97 Å². The number of nitrogens with zero attached hydrogens (tertiary/aromatic N) is 3. The fraction of sp³-hybridized carbons (Fsp3) is 0.423. The average molecular weight is 445 g/mol. The Labute approximate surface area is 194 Å². The van der Waals surface area contributed by atoms with E-state index in [9.17, 15) is 0 Å². The van der Waals surface area contributed by atoms with E-state index in [4.69, 9.17) is 15.9 Å². The van der Waals surface area contributed by atoms with Crippen LogP contribution in [0.2, 0.25) is 0 Å². The van der Waals surface area contributed by atoms with Crippen LogP contribution < -0.4 is 15.8 Å². The summed E-state index contributed by atoms with van der Waals surface area (Å²) in [4.78, 5) is 11.0. The lowest BCUT2D eigenvalue weighted by Crippen LogP contribution is -2.33. The van der Waals surface area contributed by atoms with Crippen molar-refractivity contribution in [3.8, 4) is 5.75 Å². The van der Waals surface area contributed by atoms with Crippen LogP contribution in [-0.4, -0.2) is 53.4 Å². The number of rotatable bonds is 7. The highest BCUT2D eigenvalue weighted by Gasteiger charge is 2.21. The van der Waals surface area contributed by atoms with E-state index < -0.39 is 0 Å². The van der Waals surface area contributed by atoms with Crippen molar-refractivity contribution in [1.82, 2.24) is 14.9 Å². The van der Waals surface area contributed by atoms with E-state index in [0.29, 0.717) is 34.9 Å².